The molecule has 1 N–H and O–H groups in total. The van der Waals surface area contributed by atoms with Gasteiger partial charge in [-0.25, -0.2) is 0 Å². The van der Waals surface area contributed by atoms with Crippen LogP contribution in [0.15, 0.2) is 42.7 Å². The highest BCUT2D eigenvalue weighted by atomic mass is 35.5. The van der Waals surface area contributed by atoms with E-state index in [1.54, 1.807) is 12.3 Å². The number of nitrogens with zero attached hydrogens (tertiary/aromatic N) is 1. The van der Waals surface area contributed by atoms with Crippen molar-refractivity contribution in [2.24, 2.45) is 0 Å². The zero-order valence-corrected chi connectivity index (χ0v) is 9.65. The molecule has 0 spiro atoms. The van der Waals surface area contributed by atoms with Crippen molar-refractivity contribution in [3.8, 4) is 0 Å². The van der Waals surface area contributed by atoms with Crippen molar-refractivity contribution >= 4 is 11.6 Å². The fraction of sp³-hybridized carbons (Fsp3) is 0.154. The largest absolute Gasteiger partial charge is 0.384 e. The molecule has 1 heterocycles. The monoisotopic (exact) mass is 233 g/mol. The molecule has 2 rings (SSSR count). The van der Waals surface area contributed by atoms with Crippen molar-refractivity contribution in [3.63, 3.8) is 0 Å². The van der Waals surface area contributed by atoms with Gasteiger partial charge in [0.15, 0.2) is 0 Å². The summed E-state index contributed by atoms with van der Waals surface area (Å²) in [6, 6.07) is 9.47. The van der Waals surface area contributed by atoms with Crippen molar-refractivity contribution in [2.45, 2.75) is 13.0 Å². The van der Waals surface area contributed by atoms with Gasteiger partial charge in [-0.1, -0.05) is 41.4 Å². The Morgan fingerprint density at radius 2 is 2.12 bits per heavy atom. The predicted molar refractivity (Wildman–Crippen MR) is 64.5 cm³/mol. The topological polar surface area (TPSA) is 33.1 Å². The number of aryl methyl sites for hydroxylation is 1. The lowest BCUT2D eigenvalue weighted by atomic mass is 10.0. The summed E-state index contributed by atoms with van der Waals surface area (Å²) < 4.78 is 0. The molecule has 1 aromatic heterocycles. The molecule has 1 unspecified atom stereocenters. The SMILES string of the molecule is Cc1cccc(C(O)c2ccncc2Cl)c1. The maximum absolute atomic E-state index is 10.2. The van der Waals surface area contributed by atoms with Gasteiger partial charge in [-0.15, -0.1) is 0 Å². The van der Waals surface area contributed by atoms with Crippen LogP contribution in [0.25, 0.3) is 0 Å². The summed E-state index contributed by atoms with van der Waals surface area (Å²) in [6.45, 7) is 1.99. The predicted octanol–water partition coefficient (Wildman–Crippen LogP) is 3.13. The van der Waals surface area contributed by atoms with Gasteiger partial charge in [0.2, 0.25) is 0 Å². The lowest BCUT2D eigenvalue weighted by Crippen LogP contribution is -2.00. The first-order valence-electron chi connectivity index (χ1n) is 5.02. The highest BCUT2D eigenvalue weighted by molar-refractivity contribution is 6.31. The average molecular weight is 234 g/mol. The Morgan fingerprint density at radius 3 is 2.81 bits per heavy atom. The van der Waals surface area contributed by atoms with E-state index in [1.165, 1.54) is 6.20 Å². The molecule has 2 aromatic rings. The van der Waals surface area contributed by atoms with Gasteiger partial charge in [0.05, 0.1) is 5.02 Å². The maximum atomic E-state index is 10.2. The van der Waals surface area contributed by atoms with Gasteiger partial charge in [0, 0.05) is 18.0 Å². The minimum atomic E-state index is -0.699. The van der Waals surface area contributed by atoms with Crippen LogP contribution in [0.1, 0.15) is 22.8 Å². The molecule has 0 aliphatic rings. The molecule has 0 fully saturated rings. The van der Waals surface area contributed by atoms with E-state index in [9.17, 15) is 5.11 Å². The third-order valence-electron chi connectivity index (χ3n) is 2.46. The second-order valence-electron chi connectivity index (χ2n) is 3.71. The minimum absolute atomic E-state index is 0.483. The third-order valence-corrected chi connectivity index (χ3v) is 2.77. The van der Waals surface area contributed by atoms with Gasteiger partial charge >= 0.3 is 0 Å². The van der Waals surface area contributed by atoms with Crippen molar-refractivity contribution in [2.75, 3.05) is 0 Å². The van der Waals surface area contributed by atoms with Crippen LogP contribution in [0, 0.1) is 6.92 Å². The molecule has 0 bridgehead atoms. The van der Waals surface area contributed by atoms with Crippen LogP contribution in [0.4, 0.5) is 0 Å². The Labute approximate surface area is 99.5 Å². The van der Waals surface area contributed by atoms with Crippen LogP contribution >= 0.6 is 11.6 Å². The fourth-order valence-corrected chi connectivity index (χ4v) is 1.85. The number of aliphatic hydroxyl groups excluding tert-OH is 1. The Balaban J connectivity index is 2.39. The Hall–Kier alpha value is -1.38. The first kappa shape index (κ1) is 11.1. The summed E-state index contributed by atoms with van der Waals surface area (Å²) in [5.74, 6) is 0. The maximum Gasteiger partial charge on any atom is 0.106 e. The number of rotatable bonds is 2. The quantitative estimate of drug-likeness (QED) is 0.865. The van der Waals surface area contributed by atoms with Gasteiger partial charge < -0.3 is 5.11 Å². The van der Waals surface area contributed by atoms with Crippen LogP contribution in [0.5, 0.6) is 0 Å². The van der Waals surface area contributed by atoms with E-state index in [2.05, 4.69) is 4.98 Å². The molecule has 0 radical (unpaired) electrons. The number of benzene rings is 1. The Bertz CT molecular complexity index is 499. The summed E-state index contributed by atoms with van der Waals surface area (Å²) in [5, 5.41) is 10.7. The zero-order chi connectivity index (χ0) is 11.5. The van der Waals surface area contributed by atoms with E-state index in [0.717, 1.165) is 11.1 Å². The number of hydrogen-bond acceptors (Lipinski definition) is 2. The summed E-state index contributed by atoms with van der Waals surface area (Å²) in [7, 11) is 0. The smallest absolute Gasteiger partial charge is 0.106 e. The van der Waals surface area contributed by atoms with Gasteiger partial charge in [0.1, 0.15) is 6.10 Å². The van der Waals surface area contributed by atoms with E-state index in [0.29, 0.717) is 10.6 Å². The molecule has 0 saturated carbocycles. The summed E-state index contributed by atoms with van der Waals surface area (Å²) >= 11 is 5.99. The zero-order valence-electron chi connectivity index (χ0n) is 8.89. The molecule has 82 valence electrons. The van der Waals surface area contributed by atoms with E-state index in [4.69, 9.17) is 11.6 Å². The molecule has 2 nitrogen and oxygen atoms in total. The first-order chi connectivity index (χ1) is 7.68. The number of hydrogen-bond donors (Lipinski definition) is 1. The van der Waals surface area contributed by atoms with Crippen LogP contribution < -0.4 is 0 Å². The molecule has 0 saturated heterocycles. The van der Waals surface area contributed by atoms with Crippen molar-refractivity contribution < 1.29 is 5.11 Å². The van der Waals surface area contributed by atoms with Gasteiger partial charge in [0.25, 0.3) is 0 Å². The highest BCUT2D eigenvalue weighted by Crippen LogP contribution is 2.27. The molecule has 1 aromatic carbocycles. The Kier molecular flexibility index (Phi) is 3.22. The molecular formula is C13H12ClNO. The minimum Gasteiger partial charge on any atom is -0.384 e. The van der Waals surface area contributed by atoms with Crippen LogP contribution in [0.2, 0.25) is 5.02 Å². The Morgan fingerprint density at radius 1 is 1.31 bits per heavy atom. The van der Waals surface area contributed by atoms with Crippen LogP contribution in [-0.2, 0) is 0 Å². The number of aliphatic hydroxyl groups is 1. The molecule has 3 heteroatoms. The second kappa shape index (κ2) is 4.64. The second-order valence-corrected chi connectivity index (χ2v) is 4.12. The molecule has 0 aliphatic carbocycles. The molecular weight excluding hydrogens is 222 g/mol. The van der Waals surface area contributed by atoms with Gasteiger partial charge in [-0.3, -0.25) is 4.98 Å². The van der Waals surface area contributed by atoms with Crippen molar-refractivity contribution in [1.29, 1.82) is 0 Å². The number of aromatic nitrogens is 1. The first-order valence-corrected chi connectivity index (χ1v) is 5.40. The van der Waals surface area contributed by atoms with Crippen LogP contribution in [0.3, 0.4) is 0 Å². The van der Waals surface area contributed by atoms with E-state index < -0.39 is 6.10 Å². The fourth-order valence-electron chi connectivity index (χ4n) is 1.63. The lowest BCUT2D eigenvalue weighted by molar-refractivity contribution is 0.220. The third kappa shape index (κ3) is 2.23. The number of halogens is 1. The van der Waals surface area contributed by atoms with E-state index >= 15 is 0 Å². The van der Waals surface area contributed by atoms with E-state index in [1.807, 2.05) is 31.2 Å². The lowest BCUT2D eigenvalue weighted by Gasteiger charge is -2.13. The highest BCUT2D eigenvalue weighted by Gasteiger charge is 2.13. The van der Waals surface area contributed by atoms with Crippen molar-refractivity contribution in [3.05, 3.63) is 64.4 Å². The van der Waals surface area contributed by atoms with Crippen molar-refractivity contribution in [1.82, 2.24) is 4.98 Å². The average Bonchev–Trinajstić information content (AvgIpc) is 2.29. The molecule has 0 amide bonds. The summed E-state index contributed by atoms with van der Waals surface area (Å²) in [6.07, 6.45) is 2.46. The van der Waals surface area contributed by atoms with Gasteiger partial charge in [-0.05, 0) is 18.6 Å². The molecule has 0 aliphatic heterocycles. The normalized spacial score (nSPS) is 12.4. The molecule has 16 heavy (non-hydrogen) atoms. The standard InChI is InChI=1S/C13H12ClNO/c1-9-3-2-4-10(7-9)13(16)11-5-6-15-8-12(11)14/h2-8,13,16H,1H3. The van der Waals surface area contributed by atoms with Gasteiger partial charge in [-0.2, -0.15) is 0 Å². The molecule has 1 atom stereocenters. The number of pyridine rings is 1. The van der Waals surface area contributed by atoms with Crippen LogP contribution in [-0.4, -0.2) is 10.1 Å². The van der Waals surface area contributed by atoms with E-state index in [-0.39, 0.29) is 0 Å². The summed E-state index contributed by atoms with van der Waals surface area (Å²) in [5.41, 5.74) is 2.64. The summed E-state index contributed by atoms with van der Waals surface area (Å²) in [4.78, 5) is 3.90.